The van der Waals surface area contributed by atoms with Crippen molar-refractivity contribution in [3.63, 3.8) is 0 Å². The molecule has 0 saturated carbocycles. The summed E-state index contributed by atoms with van der Waals surface area (Å²) < 4.78 is 5.37. The standard InChI is InChI=1S/C15H14N2OS/c16-11-13-10-14(17-6-8-18-9-7-17)19-15(13)12-4-2-1-3-5-12/h1-5,10H,6-9H2. The van der Waals surface area contributed by atoms with Crippen molar-refractivity contribution in [3.8, 4) is 16.5 Å². The van der Waals surface area contributed by atoms with Crippen molar-refractivity contribution in [1.82, 2.24) is 0 Å². The third-order valence-corrected chi connectivity index (χ3v) is 4.44. The van der Waals surface area contributed by atoms with E-state index < -0.39 is 0 Å². The summed E-state index contributed by atoms with van der Waals surface area (Å²) in [6, 6.07) is 14.4. The Labute approximate surface area is 116 Å². The highest BCUT2D eigenvalue weighted by Gasteiger charge is 2.17. The van der Waals surface area contributed by atoms with Gasteiger partial charge in [-0.2, -0.15) is 5.26 Å². The molecule has 1 aliphatic rings. The molecule has 1 saturated heterocycles. The molecule has 3 rings (SSSR count). The van der Waals surface area contributed by atoms with Crippen LogP contribution in [0.3, 0.4) is 0 Å². The molecule has 0 aliphatic carbocycles. The van der Waals surface area contributed by atoms with Gasteiger partial charge in [0.2, 0.25) is 0 Å². The second-order valence-electron chi connectivity index (χ2n) is 4.40. The molecule has 1 aliphatic heterocycles. The quantitative estimate of drug-likeness (QED) is 0.841. The van der Waals surface area contributed by atoms with E-state index in [1.165, 1.54) is 5.00 Å². The summed E-state index contributed by atoms with van der Waals surface area (Å²) in [5.74, 6) is 0. The summed E-state index contributed by atoms with van der Waals surface area (Å²) in [6.45, 7) is 3.33. The van der Waals surface area contributed by atoms with Crippen LogP contribution in [0.2, 0.25) is 0 Å². The minimum atomic E-state index is 0.762. The monoisotopic (exact) mass is 270 g/mol. The third kappa shape index (κ3) is 2.48. The molecule has 1 aromatic heterocycles. The van der Waals surface area contributed by atoms with Gasteiger partial charge in [-0.1, -0.05) is 30.3 Å². The van der Waals surface area contributed by atoms with E-state index in [0.29, 0.717) is 0 Å². The van der Waals surface area contributed by atoms with Crippen molar-refractivity contribution >= 4 is 16.3 Å². The van der Waals surface area contributed by atoms with Crippen molar-refractivity contribution < 1.29 is 4.74 Å². The maximum Gasteiger partial charge on any atom is 0.101 e. The summed E-state index contributed by atoms with van der Waals surface area (Å²) in [5.41, 5.74) is 1.88. The Morgan fingerprint density at radius 3 is 2.58 bits per heavy atom. The Bertz CT molecular complexity index is 594. The van der Waals surface area contributed by atoms with Gasteiger partial charge in [-0.25, -0.2) is 0 Å². The molecule has 0 bridgehead atoms. The molecule has 4 heteroatoms. The summed E-state index contributed by atoms with van der Waals surface area (Å²) in [4.78, 5) is 3.35. The lowest BCUT2D eigenvalue weighted by molar-refractivity contribution is 0.123. The smallest absolute Gasteiger partial charge is 0.101 e. The number of hydrogen-bond donors (Lipinski definition) is 0. The van der Waals surface area contributed by atoms with Gasteiger partial charge in [0, 0.05) is 13.1 Å². The Hall–Kier alpha value is -1.83. The normalized spacial score (nSPS) is 15.2. The van der Waals surface area contributed by atoms with E-state index in [1.54, 1.807) is 11.3 Å². The Morgan fingerprint density at radius 2 is 1.89 bits per heavy atom. The lowest BCUT2D eigenvalue weighted by Gasteiger charge is -2.27. The van der Waals surface area contributed by atoms with E-state index in [1.807, 2.05) is 24.3 Å². The molecule has 0 spiro atoms. The molecule has 0 N–H and O–H groups in total. The molecule has 0 amide bonds. The largest absolute Gasteiger partial charge is 0.378 e. The van der Waals surface area contributed by atoms with Crippen LogP contribution in [0.25, 0.3) is 10.4 Å². The van der Waals surface area contributed by atoms with E-state index in [4.69, 9.17) is 4.74 Å². The van der Waals surface area contributed by atoms with Gasteiger partial charge in [0.15, 0.2) is 0 Å². The molecule has 1 aromatic carbocycles. The third-order valence-electron chi connectivity index (χ3n) is 3.20. The van der Waals surface area contributed by atoms with Crippen LogP contribution in [0, 0.1) is 11.3 Å². The van der Waals surface area contributed by atoms with Crippen LogP contribution in [0.1, 0.15) is 5.56 Å². The second kappa shape index (κ2) is 5.43. The molecule has 1 fully saturated rings. The maximum atomic E-state index is 9.30. The van der Waals surface area contributed by atoms with E-state index >= 15 is 0 Å². The van der Waals surface area contributed by atoms with Gasteiger partial charge in [-0.15, -0.1) is 11.3 Å². The molecule has 2 aromatic rings. The van der Waals surface area contributed by atoms with Crippen LogP contribution < -0.4 is 4.90 Å². The number of ether oxygens (including phenoxy) is 1. The molecule has 0 atom stereocenters. The molecular formula is C15H14N2OS. The van der Waals surface area contributed by atoms with E-state index in [2.05, 4.69) is 23.1 Å². The number of nitriles is 1. The highest BCUT2D eigenvalue weighted by atomic mass is 32.1. The van der Waals surface area contributed by atoms with Crippen molar-refractivity contribution in [3.05, 3.63) is 42.0 Å². The Morgan fingerprint density at radius 1 is 1.16 bits per heavy atom. The minimum Gasteiger partial charge on any atom is -0.378 e. The first kappa shape index (κ1) is 12.2. The first-order valence-corrected chi connectivity index (χ1v) is 7.12. The average Bonchev–Trinajstić information content (AvgIpc) is 2.93. The number of nitrogens with zero attached hydrogens (tertiary/aromatic N) is 2. The predicted molar refractivity (Wildman–Crippen MR) is 77.5 cm³/mol. The van der Waals surface area contributed by atoms with Gasteiger partial charge in [-0.05, 0) is 11.6 Å². The minimum absolute atomic E-state index is 0.762. The fourth-order valence-electron chi connectivity index (χ4n) is 2.20. The van der Waals surface area contributed by atoms with Crippen molar-refractivity contribution in [2.45, 2.75) is 0 Å². The van der Waals surface area contributed by atoms with Crippen LogP contribution in [-0.4, -0.2) is 26.3 Å². The zero-order valence-electron chi connectivity index (χ0n) is 10.5. The van der Waals surface area contributed by atoms with Gasteiger partial charge in [0.05, 0.1) is 28.7 Å². The number of anilines is 1. The molecule has 96 valence electrons. The summed E-state index contributed by atoms with van der Waals surface area (Å²) in [6.07, 6.45) is 0. The topological polar surface area (TPSA) is 36.3 Å². The highest BCUT2D eigenvalue weighted by molar-refractivity contribution is 7.19. The molecule has 2 heterocycles. The first-order valence-electron chi connectivity index (χ1n) is 6.30. The first-order chi connectivity index (χ1) is 9.38. The number of hydrogen-bond acceptors (Lipinski definition) is 4. The number of rotatable bonds is 2. The van der Waals surface area contributed by atoms with Gasteiger partial charge in [-0.3, -0.25) is 0 Å². The lowest BCUT2D eigenvalue weighted by atomic mass is 10.1. The molecule has 3 nitrogen and oxygen atoms in total. The van der Waals surface area contributed by atoms with Crippen molar-refractivity contribution in [2.75, 3.05) is 31.2 Å². The van der Waals surface area contributed by atoms with E-state index in [9.17, 15) is 5.26 Å². The average molecular weight is 270 g/mol. The van der Waals surface area contributed by atoms with Crippen molar-refractivity contribution in [2.24, 2.45) is 0 Å². The highest BCUT2D eigenvalue weighted by Crippen LogP contribution is 2.37. The fraction of sp³-hybridized carbons (Fsp3) is 0.267. The molecule has 19 heavy (non-hydrogen) atoms. The van der Waals surface area contributed by atoms with Gasteiger partial charge >= 0.3 is 0 Å². The molecule has 0 unspecified atom stereocenters. The summed E-state index contributed by atoms with van der Waals surface area (Å²) in [5, 5.41) is 10.5. The van der Waals surface area contributed by atoms with E-state index in [-0.39, 0.29) is 0 Å². The SMILES string of the molecule is N#Cc1cc(N2CCOCC2)sc1-c1ccccc1. The van der Waals surface area contributed by atoms with Gasteiger partial charge in [0.25, 0.3) is 0 Å². The zero-order valence-corrected chi connectivity index (χ0v) is 11.3. The van der Waals surface area contributed by atoms with Crippen LogP contribution in [0.15, 0.2) is 36.4 Å². The second-order valence-corrected chi connectivity index (χ2v) is 5.44. The Kier molecular flexibility index (Phi) is 3.49. The van der Waals surface area contributed by atoms with E-state index in [0.717, 1.165) is 42.3 Å². The number of thiophene rings is 1. The number of benzene rings is 1. The Balaban J connectivity index is 1.97. The van der Waals surface area contributed by atoms with Gasteiger partial charge < -0.3 is 9.64 Å². The zero-order chi connectivity index (χ0) is 13.1. The molecular weight excluding hydrogens is 256 g/mol. The van der Waals surface area contributed by atoms with Crippen molar-refractivity contribution in [1.29, 1.82) is 5.26 Å². The summed E-state index contributed by atoms with van der Waals surface area (Å²) >= 11 is 1.69. The van der Waals surface area contributed by atoms with Crippen LogP contribution in [0.4, 0.5) is 5.00 Å². The number of morpholine rings is 1. The molecule has 0 radical (unpaired) electrons. The van der Waals surface area contributed by atoms with Crippen LogP contribution in [0.5, 0.6) is 0 Å². The summed E-state index contributed by atoms with van der Waals surface area (Å²) in [7, 11) is 0. The predicted octanol–water partition coefficient (Wildman–Crippen LogP) is 3.12. The maximum absolute atomic E-state index is 9.30. The fourth-order valence-corrected chi connectivity index (χ4v) is 3.37. The lowest BCUT2D eigenvalue weighted by Crippen LogP contribution is -2.35. The van der Waals surface area contributed by atoms with Crippen LogP contribution in [-0.2, 0) is 4.74 Å². The van der Waals surface area contributed by atoms with Gasteiger partial charge in [0.1, 0.15) is 6.07 Å². The van der Waals surface area contributed by atoms with Crippen LogP contribution >= 0.6 is 11.3 Å².